The molecule has 4 aromatic heterocycles. The number of para-hydroxylation sites is 6. The Morgan fingerprint density at radius 1 is 0.137 bits per heavy atom. The minimum atomic E-state index is 1.03. The minimum Gasteiger partial charge on any atom is -0.311 e. The highest BCUT2D eigenvalue weighted by Gasteiger charge is 2.23. The monoisotopic (exact) mass is 1620 g/mol. The van der Waals surface area contributed by atoms with Gasteiger partial charge in [0.1, 0.15) is 0 Å². The molecule has 4 heterocycles. The van der Waals surface area contributed by atoms with Crippen molar-refractivity contribution in [2.75, 3.05) is 19.6 Å². The van der Waals surface area contributed by atoms with E-state index in [1.165, 1.54) is 85.4 Å². The number of hydrogen-bond donors (Lipinski definition) is 0. The molecule has 0 saturated carbocycles. The number of nitrogens with zero attached hydrogens (tertiary/aromatic N) is 6. The van der Waals surface area contributed by atoms with Crippen LogP contribution in [0.2, 0.25) is 0 Å². The first-order valence-electron chi connectivity index (χ1n) is 42.1. The highest BCUT2D eigenvalue weighted by atomic mass is 32.1. The lowest BCUT2D eigenvalue weighted by Crippen LogP contribution is -2.12. The molecule has 22 rings (SSSR count). The van der Waals surface area contributed by atoms with Gasteiger partial charge < -0.3 is 28.7 Å². The van der Waals surface area contributed by atoms with Crippen LogP contribution in [0.4, 0.5) is 68.2 Å². The van der Waals surface area contributed by atoms with Crippen molar-refractivity contribution in [1.82, 2.24) is 9.13 Å². The fourth-order valence-corrected chi connectivity index (χ4v) is 19.8. The van der Waals surface area contributed by atoms with Crippen molar-refractivity contribution < 1.29 is 0 Å². The molecule has 8 heteroatoms. The number of aromatic nitrogens is 2. The highest BCUT2D eigenvalue weighted by molar-refractivity contribution is 7.19. The van der Waals surface area contributed by atoms with Gasteiger partial charge in [0.2, 0.25) is 0 Å². The van der Waals surface area contributed by atoms with Gasteiger partial charge in [-0.05, 0) is 286 Å². The van der Waals surface area contributed by atoms with Gasteiger partial charge >= 0.3 is 0 Å². The molecule has 0 radical (unpaired) electrons. The predicted molar refractivity (Wildman–Crippen MR) is 528 cm³/mol. The molecule has 0 unspecified atom stereocenters. The van der Waals surface area contributed by atoms with Gasteiger partial charge in [0.15, 0.2) is 0 Å². The quantitative estimate of drug-likeness (QED) is 0.0715. The van der Waals surface area contributed by atoms with Crippen molar-refractivity contribution in [2.24, 2.45) is 0 Å². The van der Waals surface area contributed by atoms with Crippen LogP contribution in [0.25, 0.3) is 130 Å². The van der Waals surface area contributed by atoms with Gasteiger partial charge in [-0.2, -0.15) is 0 Å². The van der Waals surface area contributed by atoms with Gasteiger partial charge in [-0.1, -0.05) is 255 Å². The first-order chi connectivity index (χ1) is 61.5. The number of benzene rings is 18. The van der Waals surface area contributed by atoms with Crippen LogP contribution in [-0.2, 0) is 0 Å². The summed E-state index contributed by atoms with van der Waals surface area (Å²) in [5, 5.41) is 4.90. The van der Waals surface area contributed by atoms with E-state index in [1.807, 2.05) is 22.7 Å². The lowest BCUT2D eigenvalue weighted by Gasteiger charge is -2.29. The number of hydrogen-bond acceptors (Lipinski definition) is 6. The van der Waals surface area contributed by atoms with E-state index >= 15 is 0 Å². The van der Waals surface area contributed by atoms with Crippen molar-refractivity contribution in [3.63, 3.8) is 0 Å². The summed E-state index contributed by atoms with van der Waals surface area (Å²) >= 11 is 3.65. The third kappa shape index (κ3) is 14.3. The maximum Gasteiger partial charge on any atom is 0.0541 e. The van der Waals surface area contributed by atoms with E-state index in [0.29, 0.717) is 0 Å². The number of fused-ring (bicyclic) bond motifs is 6. The van der Waals surface area contributed by atoms with Crippen molar-refractivity contribution in [2.45, 2.75) is 0 Å². The topological polar surface area (TPSA) is 22.8 Å². The number of anilines is 12. The fraction of sp³-hybridized carbons (Fsp3) is 0. The molecule has 0 fully saturated rings. The minimum absolute atomic E-state index is 1.03. The van der Waals surface area contributed by atoms with Crippen LogP contribution in [0, 0.1) is 0 Å². The summed E-state index contributed by atoms with van der Waals surface area (Å²) in [5.74, 6) is 0. The van der Waals surface area contributed by atoms with Crippen LogP contribution >= 0.6 is 22.7 Å². The SMILES string of the molecule is c1ccc(-c2ccc(-c3ccc(N(c4ccccc4)c4ccc(N(c5ccc(-c6ccc(N(c7ccc(-c8ccc9c(c8)c8ccccc8n9-c8ccccc8)cc7)c7ccc(N(c8ccccc8)c8ccc(-c9ccc(-c%10ccccc%10)s9)cc8)cc7)cc6)cc5)c5ccc(-c6ccc7c(c6)c6ccccc6n7-c6ccccc6)cc5)cc4)cc3)s2)cc1. The standard InChI is InChI=1S/C116H80N6S2/c1-7-23-85(24-8-1)113-75-77-115(123-113)87-47-61-99(62-48-87)117(91-27-11-3-12-28-91)101-65-69-103(70-66-101)119(97-57-43-83(44-58-97)89-51-73-111-107(79-89)105-35-19-21-37-109(105)121(111)93-31-15-5-16-32-93)95-53-39-81(40-54-95)82-41-55-96(56-42-82)120(98-59-45-84(46-60-98)90-52-74-112-108(80-90)106-36-20-22-38-110(106)122(112)94-33-17-6-18-34-94)104-71-67-102(68-72-104)118(92-29-13-4-14-30-92)100-63-49-88(50-64-100)116-78-76-114(124-116)86-25-9-2-10-26-86/h1-80H. The average molecular weight is 1620 g/mol. The molecular weight excluding hydrogens is 1540 g/mol. The van der Waals surface area contributed by atoms with Gasteiger partial charge in [0.05, 0.1) is 22.1 Å². The molecule has 6 nitrogen and oxygen atoms in total. The first-order valence-corrected chi connectivity index (χ1v) is 43.7. The Hall–Kier alpha value is -15.8. The zero-order valence-corrected chi connectivity index (χ0v) is 69.3. The van der Waals surface area contributed by atoms with Crippen molar-refractivity contribution in [3.05, 3.63) is 485 Å². The van der Waals surface area contributed by atoms with E-state index in [2.05, 4.69) is 514 Å². The summed E-state index contributed by atoms with van der Waals surface area (Å²) in [6.45, 7) is 0. The summed E-state index contributed by atoms with van der Waals surface area (Å²) < 4.78 is 4.75. The van der Waals surface area contributed by atoms with Crippen LogP contribution in [0.1, 0.15) is 0 Å². The van der Waals surface area contributed by atoms with E-state index in [9.17, 15) is 0 Å². The van der Waals surface area contributed by atoms with Crippen LogP contribution in [0.3, 0.4) is 0 Å². The van der Waals surface area contributed by atoms with Gasteiger partial charge in [0, 0.05) is 121 Å². The largest absolute Gasteiger partial charge is 0.311 e. The molecule has 586 valence electrons. The van der Waals surface area contributed by atoms with Gasteiger partial charge in [-0.15, -0.1) is 22.7 Å². The maximum atomic E-state index is 2.38. The average Bonchev–Trinajstić information content (AvgIpc) is 1.59. The zero-order chi connectivity index (χ0) is 82.2. The van der Waals surface area contributed by atoms with E-state index in [1.54, 1.807) is 0 Å². The molecule has 0 atom stereocenters. The second kappa shape index (κ2) is 32.7. The molecule has 124 heavy (non-hydrogen) atoms. The molecule has 0 spiro atoms. The van der Waals surface area contributed by atoms with Gasteiger partial charge in [-0.3, -0.25) is 0 Å². The summed E-state index contributed by atoms with van der Waals surface area (Å²) in [5.41, 5.74) is 31.3. The van der Waals surface area contributed by atoms with Gasteiger partial charge in [0.25, 0.3) is 0 Å². The van der Waals surface area contributed by atoms with Crippen molar-refractivity contribution in [1.29, 1.82) is 0 Å². The molecule has 18 aromatic carbocycles. The Bertz CT molecular complexity index is 7050. The second-order valence-electron chi connectivity index (χ2n) is 31.2. The highest BCUT2D eigenvalue weighted by Crippen LogP contribution is 2.47. The zero-order valence-electron chi connectivity index (χ0n) is 67.7. The molecule has 0 aliphatic heterocycles. The van der Waals surface area contributed by atoms with Crippen LogP contribution in [0.15, 0.2) is 485 Å². The summed E-state index contributed by atoms with van der Waals surface area (Å²) in [6.07, 6.45) is 0. The fourth-order valence-electron chi connectivity index (χ4n) is 17.7. The molecule has 0 bridgehead atoms. The molecule has 0 aliphatic carbocycles. The molecule has 22 aromatic rings. The first kappa shape index (κ1) is 74.5. The van der Waals surface area contributed by atoms with Crippen molar-refractivity contribution >= 4 is 135 Å². The van der Waals surface area contributed by atoms with E-state index in [-0.39, 0.29) is 0 Å². The Morgan fingerprint density at radius 3 is 0.613 bits per heavy atom. The summed E-state index contributed by atoms with van der Waals surface area (Å²) in [7, 11) is 0. The maximum absolute atomic E-state index is 2.38. The summed E-state index contributed by atoms with van der Waals surface area (Å²) in [4.78, 5) is 14.4. The van der Waals surface area contributed by atoms with E-state index < -0.39 is 0 Å². The van der Waals surface area contributed by atoms with Gasteiger partial charge in [-0.25, -0.2) is 0 Å². The predicted octanol–water partition coefficient (Wildman–Crippen LogP) is 33.6. The second-order valence-corrected chi connectivity index (χ2v) is 33.4. The normalized spacial score (nSPS) is 11.4. The molecule has 0 aliphatic rings. The smallest absolute Gasteiger partial charge is 0.0541 e. The third-order valence-electron chi connectivity index (χ3n) is 23.8. The van der Waals surface area contributed by atoms with E-state index in [0.717, 1.165) is 113 Å². The van der Waals surface area contributed by atoms with Crippen LogP contribution in [-0.4, -0.2) is 9.13 Å². The van der Waals surface area contributed by atoms with Crippen LogP contribution < -0.4 is 19.6 Å². The van der Waals surface area contributed by atoms with Crippen molar-refractivity contribution in [3.8, 4) is 86.5 Å². The number of rotatable bonds is 21. The number of thiophene rings is 2. The summed E-state index contributed by atoms with van der Waals surface area (Å²) in [6, 6.07) is 177. The lowest BCUT2D eigenvalue weighted by molar-refractivity contribution is 1.18. The molecule has 0 N–H and O–H groups in total. The Labute approximate surface area is 729 Å². The Morgan fingerprint density at radius 2 is 0.331 bits per heavy atom. The van der Waals surface area contributed by atoms with Crippen LogP contribution in [0.5, 0.6) is 0 Å². The molecule has 0 amide bonds. The third-order valence-corrected chi connectivity index (χ3v) is 26.2. The Kier molecular flexibility index (Phi) is 19.6. The molecular formula is C116H80N6S2. The Balaban J connectivity index is 0.602. The molecule has 0 saturated heterocycles. The lowest BCUT2D eigenvalue weighted by atomic mass is 10.0. The van der Waals surface area contributed by atoms with E-state index in [4.69, 9.17) is 0 Å².